The maximum absolute atomic E-state index is 13.3. The number of nitrogens with zero attached hydrogens (tertiary/aromatic N) is 3. The summed E-state index contributed by atoms with van der Waals surface area (Å²) in [6, 6.07) is 14.3. The highest BCUT2D eigenvalue weighted by molar-refractivity contribution is 8.15. The zero-order valence-electron chi connectivity index (χ0n) is 18.2. The highest BCUT2D eigenvalue weighted by Crippen LogP contribution is 2.36. The highest BCUT2D eigenvalue weighted by atomic mass is 35.5. The topological polar surface area (TPSA) is 74.1 Å². The van der Waals surface area contributed by atoms with Gasteiger partial charge in [-0.25, -0.2) is 9.89 Å². The van der Waals surface area contributed by atoms with Crippen molar-refractivity contribution in [2.45, 2.75) is 44.9 Å². The van der Waals surface area contributed by atoms with Crippen molar-refractivity contribution in [3.8, 4) is 0 Å². The zero-order valence-corrected chi connectivity index (χ0v) is 19.8. The number of amides is 2. The molecule has 0 fully saturated rings. The van der Waals surface area contributed by atoms with Crippen LogP contribution < -0.4 is 5.32 Å². The Hall–Kier alpha value is -2.64. The average Bonchev–Trinajstić information content (AvgIpc) is 3.14. The molecule has 0 unspecified atom stereocenters. The Kier molecular flexibility index (Phi) is 6.67. The largest absolute Gasteiger partial charge is 0.325 e. The van der Waals surface area contributed by atoms with Crippen molar-refractivity contribution in [2.24, 2.45) is 15.9 Å². The summed E-state index contributed by atoms with van der Waals surface area (Å²) in [6.45, 7) is 6.03. The molecule has 6 nitrogen and oxygen atoms in total. The molecule has 2 amide bonds. The van der Waals surface area contributed by atoms with Gasteiger partial charge in [-0.15, -0.1) is 0 Å². The number of hydrogen-bond acceptors (Lipinski definition) is 5. The van der Waals surface area contributed by atoms with Crippen LogP contribution in [0.3, 0.4) is 0 Å². The van der Waals surface area contributed by atoms with Gasteiger partial charge in [-0.2, -0.15) is 0 Å². The summed E-state index contributed by atoms with van der Waals surface area (Å²) in [6.07, 6.45) is 1.42. The summed E-state index contributed by atoms with van der Waals surface area (Å²) in [5, 5.41) is 3.53. The molecule has 0 bridgehead atoms. The van der Waals surface area contributed by atoms with Crippen molar-refractivity contribution in [3.05, 3.63) is 59.1 Å². The number of aliphatic imine (C=N–C) groups is 2. The van der Waals surface area contributed by atoms with Crippen LogP contribution in [0.2, 0.25) is 5.02 Å². The predicted octanol–water partition coefficient (Wildman–Crippen LogP) is 5.50. The fraction of sp³-hybridized carbons (Fsp3) is 0.333. The Morgan fingerprint density at radius 3 is 2.69 bits per heavy atom. The van der Waals surface area contributed by atoms with Crippen LogP contribution in [0.5, 0.6) is 0 Å². The smallest absolute Gasteiger partial charge is 0.259 e. The Balaban J connectivity index is 1.63. The minimum atomic E-state index is -0.438. The van der Waals surface area contributed by atoms with Gasteiger partial charge in [0.05, 0.1) is 10.9 Å². The third-order valence-corrected chi connectivity index (χ3v) is 7.24. The summed E-state index contributed by atoms with van der Waals surface area (Å²) in [7, 11) is 0. The molecular formula is C24H25ClN4O2S. The summed E-state index contributed by atoms with van der Waals surface area (Å²) < 4.78 is 0. The first-order valence-corrected chi connectivity index (χ1v) is 12.0. The molecule has 3 atom stereocenters. The van der Waals surface area contributed by atoms with Gasteiger partial charge >= 0.3 is 0 Å². The second-order valence-corrected chi connectivity index (χ2v) is 9.49. The first kappa shape index (κ1) is 22.6. The van der Waals surface area contributed by atoms with Crippen LogP contribution in [0.25, 0.3) is 0 Å². The van der Waals surface area contributed by atoms with Gasteiger partial charge in [0.15, 0.2) is 5.17 Å². The molecule has 2 heterocycles. The molecule has 4 rings (SSSR count). The van der Waals surface area contributed by atoms with Gasteiger partial charge in [-0.3, -0.25) is 14.6 Å². The number of rotatable bonds is 6. The molecule has 32 heavy (non-hydrogen) atoms. The van der Waals surface area contributed by atoms with Crippen LogP contribution in [-0.4, -0.2) is 39.0 Å². The van der Waals surface area contributed by atoms with E-state index in [1.54, 1.807) is 29.2 Å². The van der Waals surface area contributed by atoms with Gasteiger partial charge in [-0.1, -0.05) is 68.8 Å². The van der Waals surface area contributed by atoms with E-state index in [9.17, 15) is 9.59 Å². The van der Waals surface area contributed by atoms with Crippen molar-refractivity contribution >= 4 is 57.6 Å². The molecule has 2 aromatic carbocycles. The highest BCUT2D eigenvalue weighted by Gasteiger charge is 2.43. The van der Waals surface area contributed by atoms with E-state index >= 15 is 0 Å². The molecule has 0 aromatic heterocycles. The van der Waals surface area contributed by atoms with Crippen molar-refractivity contribution in [1.29, 1.82) is 0 Å². The average molecular weight is 469 g/mol. The summed E-state index contributed by atoms with van der Waals surface area (Å²) in [4.78, 5) is 37.5. The van der Waals surface area contributed by atoms with E-state index in [1.165, 1.54) is 11.8 Å². The molecule has 2 aliphatic heterocycles. The van der Waals surface area contributed by atoms with Crippen molar-refractivity contribution < 1.29 is 9.59 Å². The van der Waals surface area contributed by atoms with E-state index in [0.717, 1.165) is 17.7 Å². The van der Waals surface area contributed by atoms with Crippen LogP contribution in [0.4, 0.5) is 11.4 Å². The number of thioether (sulfide) groups is 1. The molecular weight excluding hydrogens is 444 g/mol. The first-order chi connectivity index (χ1) is 15.4. The van der Waals surface area contributed by atoms with Crippen molar-refractivity contribution in [3.63, 3.8) is 0 Å². The number of hydrogen-bond donors (Lipinski definition) is 1. The van der Waals surface area contributed by atoms with Gasteiger partial charge in [0.1, 0.15) is 11.9 Å². The SMILES string of the molecule is CC[C@H](SC1=Nc2ccccc2C2=N[C@H]([C@H](C)CC)C(=O)N12)C(=O)Nc1cccc(Cl)c1. The second-order valence-electron chi connectivity index (χ2n) is 7.88. The van der Waals surface area contributed by atoms with E-state index < -0.39 is 11.3 Å². The van der Waals surface area contributed by atoms with Gasteiger partial charge in [0.25, 0.3) is 5.91 Å². The lowest BCUT2D eigenvalue weighted by atomic mass is 10.00. The quantitative estimate of drug-likeness (QED) is 0.608. The van der Waals surface area contributed by atoms with Crippen molar-refractivity contribution in [2.75, 3.05) is 5.32 Å². The van der Waals surface area contributed by atoms with E-state index in [0.29, 0.717) is 28.1 Å². The number of nitrogens with one attached hydrogen (secondary N) is 1. The Morgan fingerprint density at radius 1 is 1.19 bits per heavy atom. The fourth-order valence-electron chi connectivity index (χ4n) is 3.68. The summed E-state index contributed by atoms with van der Waals surface area (Å²) in [5.74, 6) is 0.496. The van der Waals surface area contributed by atoms with E-state index in [2.05, 4.69) is 12.2 Å². The van der Waals surface area contributed by atoms with Gasteiger partial charge in [0.2, 0.25) is 5.91 Å². The first-order valence-electron chi connectivity index (χ1n) is 10.8. The van der Waals surface area contributed by atoms with Crippen LogP contribution in [0.15, 0.2) is 58.5 Å². The summed E-state index contributed by atoms with van der Waals surface area (Å²) in [5.41, 5.74) is 2.23. The lowest BCUT2D eigenvalue weighted by Gasteiger charge is -2.27. The number of carbonyl (C=O) groups excluding carboxylic acids is 2. The monoisotopic (exact) mass is 468 g/mol. The molecule has 0 saturated carbocycles. The molecule has 0 spiro atoms. The molecule has 0 aliphatic carbocycles. The maximum atomic E-state index is 13.3. The molecule has 8 heteroatoms. The lowest BCUT2D eigenvalue weighted by Crippen LogP contribution is -2.43. The van der Waals surface area contributed by atoms with E-state index in [1.807, 2.05) is 38.1 Å². The van der Waals surface area contributed by atoms with Crippen LogP contribution in [0, 0.1) is 5.92 Å². The fourth-order valence-corrected chi connectivity index (χ4v) is 4.89. The number of halogens is 1. The Morgan fingerprint density at radius 2 is 1.97 bits per heavy atom. The van der Waals surface area contributed by atoms with Gasteiger partial charge < -0.3 is 5.32 Å². The molecule has 2 aliphatic rings. The number of amidine groups is 2. The van der Waals surface area contributed by atoms with E-state index in [-0.39, 0.29) is 17.7 Å². The Labute approximate surface area is 197 Å². The predicted molar refractivity (Wildman–Crippen MR) is 132 cm³/mol. The van der Waals surface area contributed by atoms with E-state index in [4.69, 9.17) is 21.6 Å². The third kappa shape index (κ3) is 4.32. The number of carbonyl (C=O) groups is 2. The molecule has 1 N–H and O–H groups in total. The normalized spacial score (nSPS) is 18.9. The zero-order chi connectivity index (χ0) is 22.8. The number of fused-ring (bicyclic) bond motifs is 3. The lowest BCUT2D eigenvalue weighted by molar-refractivity contribution is -0.125. The third-order valence-electron chi connectivity index (χ3n) is 5.68. The van der Waals surface area contributed by atoms with Gasteiger partial charge in [-0.05, 0) is 42.7 Å². The number of benzene rings is 2. The minimum absolute atomic E-state index is 0.0831. The van der Waals surface area contributed by atoms with Crippen LogP contribution in [0.1, 0.15) is 39.2 Å². The summed E-state index contributed by atoms with van der Waals surface area (Å²) >= 11 is 7.33. The molecule has 166 valence electrons. The molecule has 0 saturated heterocycles. The number of para-hydroxylation sites is 1. The van der Waals surface area contributed by atoms with Crippen LogP contribution in [-0.2, 0) is 9.59 Å². The van der Waals surface area contributed by atoms with Gasteiger partial charge in [0, 0.05) is 16.3 Å². The number of anilines is 1. The maximum Gasteiger partial charge on any atom is 0.259 e. The van der Waals surface area contributed by atoms with Crippen molar-refractivity contribution in [1.82, 2.24) is 4.90 Å². The molecule has 2 aromatic rings. The minimum Gasteiger partial charge on any atom is -0.325 e. The second kappa shape index (κ2) is 9.46. The standard InChI is InChI=1S/C24H25ClN4O2S/c1-4-14(3)20-23(31)29-21(28-20)17-11-6-7-12-18(17)27-24(29)32-19(5-2)22(30)26-16-10-8-9-15(25)13-16/h6-14,19-20H,4-5H2,1-3H3,(H,26,30)/t14-,19+,20-/m1/s1. The van der Waals surface area contributed by atoms with Crippen LogP contribution >= 0.6 is 23.4 Å². The Bertz CT molecular complexity index is 1120. The molecule has 0 radical (unpaired) electrons.